The van der Waals surface area contributed by atoms with Crippen LogP contribution >= 0.6 is 0 Å². The molecule has 0 spiro atoms. The number of carbonyl (C=O) groups excluding carboxylic acids is 6. The van der Waals surface area contributed by atoms with Crippen molar-refractivity contribution in [1.82, 2.24) is 31.1 Å². The molecule has 6 amide bonds. The van der Waals surface area contributed by atoms with Crippen LogP contribution in [0.4, 0.5) is 0 Å². The maximum absolute atomic E-state index is 14.0. The standard InChI is InChI=1S/C51H54N6O6/c58-46(56-26-38(48(60)52-42-21-34(42)30-13-5-1-6-14-30)39(27-56)49(61)53-43-22-35(43)31-15-7-2-8-16-31)25-47(59)57-28-40(50(62)54-44-23-36(44)32-17-9-3-10-18-32)41(29-57)51(63)55-45-24-37(45)33-19-11-4-12-20-33/h1-20,34-45H,21-29H2,(H,52,60)(H,53,61)(H,54,62)(H,55,63)/t34-,35-,36-,37-,38-,39-,40-,41-,42+,43+,44+,45+/m1/s1. The second kappa shape index (κ2) is 17.1. The fourth-order valence-corrected chi connectivity index (χ4v) is 10.3. The van der Waals surface area contributed by atoms with Crippen LogP contribution in [0, 0.1) is 23.7 Å². The first-order valence-corrected chi connectivity index (χ1v) is 22.6. The normalized spacial score (nSPS) is 31.0. The second-order valence-corrected chi connectivity index (χ2v) is 18.7. The average molecular weight is 847 g/mol. The molecule has 2 aliphatic heterocycles. The van der Waals surface area contributed by atoms with Crippen molar-refractivity contribution >= 4 is 35.4 Å². The van der Waals surface area contributed by atoms with Gasteiger partial charge in [-0.25, -0.2) is 0 Å². The number of nitrogens with zero attached hydrogens (tertiary/aromatic N) is 2. The average Bonchev–Trinajstić information content (AvgIpc) is 4.24. The summed E-state index contributed by atoms with van der Waals surface area (Å²) in [5, 5.41) is 12.6. The molecule has 10 rings (SSSR count). The number of hydrogen-bond acceptors (Lipinski definition) is 6. The van der Waals surface area contributed by atoms with Crippen molar-refractivity contribution < 1.29 is 28.8 Å². The largest absolute Gasteiger partial charge is 0.352 e. The van der Waals surface area contributed by atoms with E-state index in [0.717, 1.165) is 47.9 Å². The van der Waals surface area contributed by atoms with E-state index in [-0.39, 0.29) is 97.6 Å². The maximum Gasteiger partial charge on any atom is 0.232 e. The van der Waals surface area contributed by atoms with Gasteiger partial charge in [-0.2, -0.15) is 0 Å². The molecule has 4 aromatic carbocycles. The summed E-state index contributed by atoms with van der Waals surface area (Å²) >= 11 is 0. The molecule has 2 saturated heterocycles. The lowest BCUT2D eigenvalue weighted by Gasteiger charge is -2.20. The first-order chi connectivity index (χ1) is 30.7. The van der Waals surface area contributed by atoms with Gasteiger partial charge in [-0.05, 0) is 47.9 Å². The van der Waals surface area contributed by atoms with E-state index in [1.807, 2.05) is 121 Å². The van der Waals surface area contributed by atoms with E-state index in [1.54, 1.807) is 0 Å². The van der Waals surface area contributed by atoms with Gasteiger partial charge >= 0.3 is 0 Å². The minimum Gasteiger partial charge on any atom is -0.352 e. The molecular weight excluding hydrogens is 793 g/mol. The third kappa shape index (κ3) is 8.99. The van der Waals surface area contributed by atoms with Gasteiger partial charge < -0.3 is 31.1 Å². The zero-order valence-corrected chi connectivity index (χ0v) is 35.2. The van der Waals surface area contributed by atoms with Gasteiger partial charge in [0, 0.05) is 74.0 Å². The van der Waals surface area contributed by atoms with E-state index < -0.39 is 41.9 Å². The highest BCUT2D eigenvalue weighted by Crippen LogP contribution is 2.44. The number of likely N-dealkylation sites (tertiary alicyclic amines) is 2. The summed E-state index contributed by atoms with van der Waals surface area (Å²) in [7, 11) is 0. The molecule has 2 heterocycles. The van der Waals surface area contributed by atoms with Gasteiger partial charge in [0.15, 0.2) is 0 Å². The fraction of sp³-hybridized carbons (Fsp3) is 0.412. The van der Waals surface area contributed by atoms with E-state index in [9.17, 15) is 28.8 Å². The molecule has 4 aromatic rings. The molecule has 0 unspecified atom stereocenters. The van der Waals surface area contributed by atoms with Crippen LogP contribution in [0.5, 0.6) is 0 Å². The van der Waals surface area contributed by atoms with Crippen LogP contribution in [0.1, 0.15) is 78.0 Å². The van der Waals surface area contributed by atoms with Gasteiger partial charge in [0.25, 0.3) is 0 Å². The van der Waals surface area contributed by atoms with Crippen LogP contribution < -0.4 is 21.3 Å². The van der Waals surface area contributed by atoms with E-state index in [4.69, 9.17) is 0 Å². The topological polar surface area (TPSA) is 157 Å². The Morgan fingerprint density at radius 1 is 0.365 bits per heavy atom. The molecule has 12 nitrogen and oxygen atoms in total. The lowest BCUT2D eigenvalue weighted by atomic mass is 9.94. The van der Waals surface area contributed by atoms with Gasteiger partial charge in [-0.3, -0.25) is 28.8 Å². The van der Waals surface area contributed by atoms with Crippen molar-refractivity contribution in [3.8, 4) is 0 Å². The molecule has 63 heavy (non-hydrogen) atoms. The Hall–Kier alpha value is -6.30. The molecule has 0 aromatic heterocycles. The number of benzene rings is 4. The first-order valence-electron chi connectivity index (χ1n) is 22.6. The Balaban J connectivity index is 0.799. The number of amides is 6. The van der Waals surface area contributed by atoms with Gasteiger partial charge in [0.05, 0.1) is 23.7 Å². The van der Waals surface area contributed by atoms with E-state index >= 15 is 0 Å². The summed E-state index contributed by atoms with van der Waals surface area (Å²) in [6, 6.07) is 39.8. The third-order valence-electron chi connectivity index (χ3n) is 14.4. The highest BCUT2D eigenvalue weighted by Gasteiger charge is 2.51. The predicted molar refractivity (Wildman–Crippen MR) is 235 cm³/mol. The van der Waals surface area contributed by atoms with Crippen molar-refractivity contribution in [3.63, 3.8) is 0 Å². The molecule has 4 N–H and O–H groups in total. The first kappa shape index (κ1) is 40.8. The molecule has 0 radical (unpaired) electrons. The number of rotatable bonds is 14. The van der Waals surface area contributed by atoms with Gasteiger partial charge in [0.2, 0.25) is 35.4 Å². The van der Waals surface area contributed by atoms with Gasteiger partial charge in [-0.15, -0.1) is 0 Å². The minimum absolute atomic E-state index is 0.00946. The van der Waals surface area contributed by atoms with Crippen LogP contribution in [-0.4, -0.2) is 95.6 Å². The zero-order valence-electron chi connectivity index (χ0n) is 35.2. The van der Waals surface area contributed by atoms with E-state index in [0.29, 0.717) is 0 Å². The molecule has 4 saturated carbocycles. The summed E-state index contributed by atoms with van der Waals surface area (Å²) in [6.45, 7) is 0.0378. The highest BCUT2D eigenvalue weighted by molar-refractivity contribution is 5.99. The summed E-state index contributed by atoms with van der Waals surface area (Å²) in [5.74, 6) is -4.43. The number of nitrogens with one attached hydrogen (secondary N) is 4. The summed E-state index contributed by atoms with van der Waals surface area (Å²) in [6.07, 6.45) is 2.70. The Labute approximate surface area is 367 Å². The second-order valence-electron chi connectivity index (χ2n) is 18.7. The Morgan fingerprint density at radius 3 is 0.810 bits per heavy atom. The fourth-order valence-electron chi connectivity index (χ4n) is 10.3. The molecule has 12 atom stereocenters. The van der Waals surface area contributed by atoms with Gasteiger partial charge in [-0.1, -0.05) is 121 Å². The van der Waals surface area contributed by atoms with Crippen LogP contribution in [0.15, 0.2) is 121 Å². The Morgan fingerprint density at radius 2 is 0.587 bits per heavy atom. The summed E-state index contributed by atoms with van der Waals surface area (Å²) in [5.41, 5.74) is 4.59. The van der Waals surface area contributed by atoms with Gasteiger partial charge in [0.1, 0.15) is 6.42 Å². The van der Waals surface area contributed by atoms with Crippen molar-refractivity contribution in [1.29, 1.82) is 0 Å². The molecule has 6 fully saturated rings. The van der Waals surface area contributed by atoms with Crippen LogP contribution in [-0.2, 0) is 28.8 Å². The molecule has 4 aliphatic carbocycles. The molecule has 0 bridgehead atoms. The van der Waals surface area contributed by atoms with Crippen LogP contribution in [0.3, 0.4) is 0 Å². The van der Waals surface area contributed by atoms with Crippen molar-refractivity contribution in [2.75, 3.05) is 26.2 Å². The number of carbonyl (C=O) groups is 6. The van der Waals surface area contributed by atoms with E-state index in [1.165, 1.54) is 9.80 Å². The summed E-state index contributed by atoms with van der Waals surface area (Å²) < 4.78 is 0. The molecular formula is C51H54N6O6. The quantitative estimate of drug-likeness (QED) is 0.139. The summed E-state index contributed by atoms with van der Waals surface area (Å²) in [4.78, 5) is 86.8. The molecule has 324 valence electrons. The maximum atomic E-state index is 14.0. The Bertz CT molecular complexity index is 2050. The van der Waals surface area contributed by atoms with Crippen LogP contribution in [0.2, 0.25) is 0 Å². The highest BCUT2D eigenvalue weighted by atomic mass is 16.2. The predicted octanol–water partition coefficient (Wildman–Crippen LogP) is 4.21. The minimum atomic E-state index is -0.785. The smallest absolute Gasteiger partial charge is 0.232 e. The monoisotopic (exact) mass is 846 g/mol. The molecule has 12 heteroatoms. The van der Waals surface area contributed by atoms with Crippen LogP contribution in [0.25, 0.3) is 0 Å². The molecule has 6 aliphatic rings. The third-order valence-corrected chi connectivity index (χ3v) is 14.4. The van der Waals surface area contributed by atoms with E-state index in [2.05, 4.69) is 21.3 Å². The SMILES string of the molecule is O=C(N[C@H]1C[C@@H]1c1ccccc1)[C@@H]1CN(C(=O)CC(=O)N2C[C@@H](C(=O)N[C@H]3C[C@@H]3c3ccccc3)[C@H](C(=O)N[C@H]3C[C@@H]3c3ccccc3)C2)C[C@H]1C(=O)N[C@H]1C[C@@H]1c1ccccc1. The zero-order chi connectivity index (χ0) is 43.2. The van der Waals surface area contributed by atoms with Crippen molar-refractivity contribution in [2.24, 2.45) is 23.7 Å². The number of hydrogen-bond donors (Lipinski definition) is 4. The lowest BCUT2D eigenvalue weighted by Crippen LogP contribution is -2.43. The van der Waals surface area contributed by atoms with Crippen molar-refractivity contribution in [3.05, 3.63) is 144 Å². The van der Waals surface area contributed by atoms with Crippen molar-refractivity contribution in [2.45, 2.75) is 79.9 Å². The lowest BCUT2D eigenvalue weighted by molar-refractivity contribution is -0.139. The Kier molecular flexibility index (Phi) is 11.1.